The summed E-state index contributed by atoms with van der Waals surface area (Å²) in [7, 11) is 0. The van der Waals surface area contributed by atoms with E-state index in [9.17, 15) is 9.59 Å². The molecule has 1 atom stereocenters. The van der Waals surface area contributed by atoms with Gasteiger partial charge in [-0.25, -0.2) is 4.79 Å². The van der Waals surface area contributed by atoms with Gasteiger partial charge in [0.25, 0.3) is 5.91 Å². The number of esters is 1. The summed E-state index contributed by atoms with van der Waals surface area (Å²) in [4.78, 5) is 24.0. The van der Waals surface area contributed by atoms with Crippen molar-refractivity contribution >= 4 is 11.9 Å². The van der Waals surface area contributed by atoms with Gasteiger partial charge in [0.05, 0.1) is 12.1 Å². The van der Waals surface area contributed by atoms with Crippen molar-refractivity contribution in [2.75, 3.05) is 19.8 Å². The molecule has 1 aliphatic heterocycles. The number of carbonyl (C=O) groups excluding carboxylic acids is 2. The molecule has 1 aliphatic rings. The molecule has 0 bridgehead atoms. The molecule has 0 saturated carbocycles. The van der Waals surface area contributed by atoms with Gasteiger partial charge in [0.2, 0.25) is 0 Å². The smallest absolute Gasteiger partial charge is 0.338 e. The van der Waals surface area contributed by atoms with Crippen molar-refractivity contribution in [2.24, 2.45) is 0 Å². The molecule has 0 saturated heterocycles. The topological polar surface area (TPSA) is 73.9 Å². The second-order valence-corrected chi connectivity index (χ2v) is 6.25. The molecule has 26 heavy (non-hydrogen) atoms. The molecule has 0 aromatic heterocycles. The Hall–Kier alpha value is -3.02. The van der Waals surface area contributed by atoms with Crippen LogP contribution < -0.4 is 14.8 Å². The molecule has 3 rings (SSSR count). The van der Waals surface area contributed by atoms with Gasteiger partial charge >= 0.3 is 5.97 Å². The summed E-state index contributed by atoms with van der Waals surface area (Å²) in [6, 6.07) is 12.8. The van der Waals surface area contributed by atoms with Gasteiger partial charge in [0.1, 0.15) is 12.7 Å². The van der Waals surface area contributed by atoms with E-state index in [4.69, 9.17) is 14.2 Å². The van der Waals surface area contributed by atoms with E-state index in [1.165, 1.54) is 0 Å². The van der Waals surface area contributed by atoms with Gasteiger partial charge in [0.15, 0.2) is 18.1 Å². The third-order valence-electron chi connectivity index (χ3n) is 3.89. The quantitative estimate of drug-likeness (QED) is 0.834. The number of carbonyl (C=O) groups is 2. The molecular weight excluding hydrogens is 334 g/mol. The van der Waals surface area contributed by atoms with Gasteiger partial charge < -0.3 is 19.5 Å². The Morgan fingerprint density at radius 1 is 1.12 bits per heavy atom. The number of ether oxygens (including phenoxy) is 3. The molecule has 1 N–H and O–H groups in total. The molecule has 6 heteroatoms. The minimum Gasteiger partial charge on any atom is -0.486 e. The van der Waals surface area contributed by atoms with E-state index >= 15 is 0 Å². The van der Waals surface area contributed by atoms with Crippen molar-refractivity contribution < 1.29 is 23.8 Å². The second kappa shape index (κ2) is 7.91. The number of amides is 1. The number of benzene rings is 2. The van der Waals surface area contributed by atoms with Crippen LogP contribution in [0.2, 0.25) is 0 Å². The minimum atomic E-state index is -0.516. The van der Waals surface area contributed by atoms with Crippen molar-refractivity contribution in [3.05, 3.63) is 59.2 Å². The molecular formula is C20H21NO5. The fourth-order valence-corrected chi connectivity index (χ4v) is 2.75. The lowest BCUT2D eigenvalue weighted by Gasteiger charge is -2.26. The lowest BCUT2D eigenvalue weighted by Crippen LogP contribution is -2.42. The van der Waals surface area contributed by atoms with Crippen LogP contribution in [0, 0.1) is 13.8 Å². The zero-order valence-electron chi connectivity index (χ0n) is 14.8. The van der Waals surface area contributed by atoms with Crippen LogP contribution in [-0.2, 0) is 9.53 Å². The van der Waals surface area contributed by atoms with E-state index in [1.54, 1.807) is 12.1 Å². The van der Waals surface area contributed by atoms with Crippen molar-refractivity contribution in [3.63, 3.8) is 0 Å². The third-order valence-corrected chi connectivity index (χ3v) is 3.89. The molecule has 0 aliphatic carbocycles. The standard InChI is InChI=1S/C20H21NO5/c1-13-7-14(2)9-15(8-13)20(23)25-12-19(22)21-10-16-11-24-17-5-3-4-6-18(17)26-16/h3-9,16H,10-12H2,1-2H3,(H,21,22)/t16-/m0/s1. The SMILES string of the molecule is Cc1cc(C)cc(C(=O)OCC(=O)NC[C@H]2COc3ccccc3O2)c1. The molecule has 0 fully saturated rings. The van der Waals surface area contributed by atoms with Gasteiger partial charge in [-0.05, 0) is 38.1 Å². The first-order valence-corrected chi connectivity index (χ1v) is 8.42. The zero-order valence-corrected chi connectivity index (χ0v) is 14.8. The summed E-state index contributed by atoms with van der Waals surface area (Å²) in [5.41, 5.74) is 2.38. The minimum absolute atomic E-state index is 0.272. The first-order valence-electron chi connectivity index (χ1n) is 8.42. The number of aryl methyl sites for hydroxylation is 2. The average Bonchev–Trinajstić information content (AvgIpc) is 2.63. The predicted molar refractivity (Wildman–Crippen MR) is 95.6 cm³/mol. The Morgan fingerprint density at radius 3 is 2.54 bits per heavy atom. The summed E-state index contributed by atoms with van der Waals surface area (Å²) in [6.07, 6.45) is -0.288. The maximum absolute atomic E-state index is 12.0. The largest absolute Gasteiger partial charge is 0.486 e. The summed E-state index contributed by atoms with van der Waals surface area (Å²) in [5.74, 6) is 0.444. The molecule has 6 nitrogen and oxygen atoms in total. The molecule has 0 unspecified atom stereocenters. The van der Waals surface area contributed by atoms with Crippen LogP contribution in [0.1, 0.15) is 21.5 Å². The highest BCUT2D eigenvalue weighted by Gasteiger charge is 2.21. The second-order valence-electron chi connectivity index (χ2n) is 6.25. The Balaban J connectivity index is 1.44. The van der Waals surface area contributed by atoms with Crippen LogP contribution in [-0.4, -0.2) is 37.7 Å². The molecule has 0 radical (unpaired) electrons. The number of para-hydroxylation sites is 2. The summed E-state index contributed by atoms with van der Waals surface area (Å²) >= 11 is 0. The van der Waals surface area contributed by atoms with Crippen molar-refractivity contribution in [3.8, 4) is 11.5 Å². The molecule has 136 valence electrons. The lowest BCUT2D eigenvalue weighted by atomic mass is 10.1. The third kappa shape index (κ3) is 4.53. The molecule has 2 aromatic carbocycles. The van der Waals surface area contributed by atoms with Gasteiger partial charge in [0, 0.05) is 0 Å². The highest BCUT2D eigenvalue weighted by Crippen LogP contribution is 2.30. The van der Waals surface area contributed by atoms with Crippen LogP contribution in [0.25, 0.3) is 0 Å². The lowest BCUT2D eigenvalue weighted by molar-refractivity contribution is -0.124. The fraction of sp³-hybridized carbons (Fsp3) is 0.300. The average molecular weight is 355 g/mol. The first-order chi connectivity index (χ1) is 12.5. The summed E-state index contributed by atoms with van der Waals surface area (Å²) in [5, 5.41) is 2.69. The van der Waals surface area contributed by atoms with E-state index in [-0.39, 0.29) is 25.2 Å². The molecule has 0 spiro atoms. The summed E-state index contributed by atoms with van der Waals surface area (Å²) in [6.45, 7) is 4.09. The predicted octanol–water partition coefficient (Wildman–Crippen LogP) is 2.42. The number of hydrogen-bond acceptors (Lipinski definition) is 5. The van der Waals surface area contributed by atoms with E-state index in [0.717, 1.165) is 11.1 Å². The number of hydrogen-bond donors (Lipinski definition) is 1. The van der Waals surface area contributed by atoms with Crippen LogP contribution >= 0.6 is 0 Å². The zero-order chi connectivity index (χ0) is 18.5. The monoisotopic (exact) mass is 355 g/mol. The van der Waals surface area contributed by atoms with Gasteiger partial charge in [-0.2, -0.15) is 0 Å². The van der Waals surface area contributed by atoms with Gasteiger partial charge in [-0.1, -0.05) is 29.3 Å². The number of nitrogens with one attached hydrogen (secondary N) is 1. The maximum atomic E-state index is 12.0. The van der Waals surface area contributed by atoms with E-state index in [2.05, 4.69) is 5.32 Å². The Morgan fingerprint density at radius 2 is 1.81 bits per heavy atom. The molecule has 1 amide bonds. The number of rotatable bonds is 5. The summed E-state index contributed by atoms with van der Waals surface area (Å²) < 4.78 is 16.4. The van der Waals surface area contributed by atoms with Gasteiger partial charge in [-0.15, -0.1) is 0 Å². The van der Waals surface area contributed by atoms with Crippen molar-refractivity contribution in [2.45, 2.75) is 20.0 Å². The van der Waals surface area contributed by atoms with E-state index in [0.29, 0.717) is 23.7 Å². The van der Waals surface area contributed by atoms with Crippen LogP contribution in [0.5, 0.6) is 11.5 Å². The van der Waals surface area contributed by atoms with Gasteiger partial charge in [-0.3, -0.25) is 4.79 Å². The normalized spacial score (nSPS) is 15.2. The van der Waals surface area contributed by atoms with Crippen LogP contribution in [0.15, 0.2) is 42.5 Å². The Labute approximate surface area is 152 Å². The highest BCUT2D eigenvalue weighted by atomic mass is 16.6. The fourth-order valence-electron chi connectivity index (χ4n) is 2.75. The van der Waals surface area contributed by atoms with E-state index in [1.807, 2.05) is 44.2 Å². The first kappa shape index (κ1) is 17.8. The molecule has 2 aromatic rings. The highest BCUT2D eigenvalue weighted by molar-refractivity contribution is 5.91. The van der Waals surface area contributed by atoms with Crippen LogP contribution in [0.4, 0.5) is 0 Å². The maximum Gasteiger partial charge on any atom is 0.338 e. The van der Waals surface area contributed by atoms with E-state index < -0.39 is 5.97 Å². The Bertz CT molecular complexity index is 797. The van der Waals surface area contributed by atoms with Crippen molar-refractivity contribution in [1.29, 1.82) is 0 Å². The Kier molecular flexibility index (Phi) is 5.41. The van der Waals surface area contributed by atoms with Crippen LogP contribution in [0.3, 0.4) is 0 Å². The number of fused-ring (bicyclic) bond motifs is 1. The van der Waals surface area contributed by atoms with Crippen molar-refractivity contribution in [1.82, 2.24) is 5.32 Å². The molecule has 1 heterocycles.